The van der Waals surface area contributed by atoms with Crippen LogP contribution >= 0.6 is 23.4 Å². The molecule has 220 valence electrons. The van der Waals surface area contributed by atoms with Crippen molar-refractivity contribution in [2.75, 3.05) is 32.7 Å². The highest BCUT2D eigenvalue weighted by Crippen LogP contribution is 2.32. The van der Waals surface area contributed by atoms with Gasteiger partial charge >= 0.3 is 5.97 Å². The maximum Gasteiger partial charge on any atom is 0.338 e. The Balaban J connectivity index is 1.58. The molecule has 0 aliphatic carbocycles. The fourth-order valence-corrected chi connectivity index (χ4v) is 5.53. The quantitative estimate of drug-likeness (QED) is 0.279. The van der Waals surface area contributed by atoms with E-state index in [4.69, 9.17) is 30.8 Å². The molecule has 2 amide bonds. The highest BCUT2D eigenvalue weighted by atomic mass is 35.5. The lowest BCUT2D eigenvalue weighted by Gasteiger charge is -2.32. The van der Waals surface area contributed by atoms with Gasteiger partial charge in [0, 0.05) is 23.7 Å². The first kappa shape index (κ1) is 30.9. The number of carbonyl (C=O) groups is 3. The van der Waals surface area contributed by atoms with Gasteiger partial charge in [-0.2, -0.15) is 0 Å². The van der Waals surface area contributed by atoms with Crippen LogP contribution in [0.25, 0.3) is 0 Å². The topological polar surface area (TPSA) is 107 Å². The number of esters is 1. The van der Waals surface area contributed by atoms with Crippen molar-refractivity contribution in [2.45, 2.75) is 31.9 Å². The molecule has 1 fully saturated rings. The van der Waals surface area contributed by atoms with E-state index in [-0.39, 0.29) is 24.8 Å². The first-order chi connectivity index (χ1) is 20.2. The first-order valence-electron chi connectivity index (χ1n) is 13.3. The van der Waals surface area contributed by atoms with Gasteiger partial charge in [0.15, 0.2) is 16.7 Å². The minimum atomic E-state index is -0.701. The van der Waals surface area contributed by atoms with Crippen LogP contribution in [0.15, 0.2) is 65.7 Å². The molecule has 1 saturated heterocycles. The molecule has 4 rings (SSSR count). The van der Waals surface area contributed by atoms with Crippen LogP contribution in [-0.2, 0) is 20.7 Å². The Morgan fingerprint density at radius 2 is 1.79 bits per heavy atom. The summed E-state index contributed by atoms with van der Waals surface area (Å²) in [6, 6.07) is 17.5. The third-order valence-corrected chi connectivity index (χ3v) is 8.14. The maximum absolute atomic E-state index is 13.4. The number of carbonyl (C=O) groups excluding carboxylic acids is 3. The normalized spacial score (nSPS) is 15.8. The molecule has 0 saturated carbocycles. The van der Waals surface area contributed by atoms with Crippen LogP contribution in [0.5, 0.6) is 11.5 Å². The summed E-state index contributed by atoms with van der Waals surface area (Å²) in [5, 5.41) is 3.09. The number of hydrogen-bond acceptors (Lipinski definition) is 8. The minimum Gasteiger partial charge on any atom is -0.493 e. The molecule has 11 heteroatoms. The molecule has 0 aromatic heterocycles. The van der Waals surface area contributed by atoms with Crippen molar-refractivity contribution in [3.05, 3.63) is 82.4 Å². The average Bonchev–Trinajstić information content (AvgIpc) is 2.98. The predicted octanol–water partition coefficient (Wildman–Crippen LogP) is 6.05. The fourth-order valence-electron chi connectivity index (χ4n) is 4.23. The number of aliphatic imine (C=N–C) groups is 1. The van der Waals surface area contributed by atoms with E-state index in [1.807, 2.05) is 31.2 Å². The molecule has 1 N–H and O–H groups in total. The third kappa shape index (κ3) is 7.63. The van der Waals surface area contributed by atoms with E-state index < -0.39 is 11.2 Å². The number of amides is 2. The van der Waals surface area contributed by atoms with Crippen LogP contribution in [0, 0.1) is 6.92 Å². The van der Waals surface area contributed by atoms with E-state index >= 15 is 0 Å². The molecule has 0 spiro atoms. The summed E-state index contributed by atoms with van der Waals surface area (Å²) in [4.78, 5) is 45.1. The molecule has 0 radical (unpaired) electrons. The number of rotatable bonds is 10. The Bertz CT molecular complexity index is 1490. The zero-order chi connectivity index (χ0) is 30.2. The largest absolute Gasteiger partial charge is 0.493 e. The van der Waals surface area contributed by atoms with E-state index in [0.717, 1.165) is 11.1 Å². The molecule has 0 bridgehead atoms. The second kappa shape index (κ2) is 14.2. The molecule has 1 heterocycles. The summed E-state index contributed by atoms with van der Waals surface area (Å²) >= 11 is 7.44. The molecule has 3 aromatic rings. The number of amidine groups is 1. The maximum atomic E-state index is 13.4. The van der Waals surface area contributed by atoms with Crippen molar-refractivity contribution in [1.82, 2.24) is 4.90 Å². The second-order valence-electron chi connectivity index (χ2n) is 9.41. The van der Waals surface area contributed by atoms with Crippen LogP contribution in [0.4, 0.5) is 11.4 Å². The van der Waals surface area contributed by atoms with Gasteiger partial charge < -0.3 is 19.5 Å². The van der Waals surface area contributed by atoms with Crippen LogP contribution in [0.2, 0.25) is 5.02 Å². The summed E-state index contributed by atoms with van der Waals surface area (Å²) in [5.41, 5.74) is 3.31. The number of hydrogen-bond donors (Lipinski definition) is 1. The Hall–Kier alpha value is -4.02. The highest BCUT2D eigenvalue weighted by Gasteiger charge is 2.36. The summed E-state index contributed by atoms with van der Waals surface area (Å²) in [6.45, 7) is 4.23. The lowest BCUT2D eigenvalue weighted by atomic mass is 10.1. The minimum absolute atomic E-state index is 0.00282. The number of ether oxygens (including phenoxy) is 3. The Kier molecular flexibility index (Phi) is 10.5. The molecule has 3 aromatic carbocycles. The van der Waals surface area contributed by atoms with E-state index in [1.165, 1.54) is 11.8 Å². The number of benzene rings is 3. The number of anilines is 1. The van der Waals surface area contributed by atoms with Crippen molar-refractivity contribution in [3.8, 4) is 11.5 Å². The molecular weight excluding hydrogens is 578 g/mol. The van der Waals surface area contributed by atoms with Gasteiger partial charge in [-0.05, 0) is 79.9 Å². The fraction of sp³-hybridized carbons (Fsp3) is 0.290. The lowest BCUT2D eigenvalue weighted by Crippen LogP contribution is -2.46. The zero-order valence-corrected chi connectivity index (χ0v) is 25.4. The predicted molar refractivity (Wildman–Crippen MR) is 165 cm³/mol. The van der Waals surface area contributed by atoms with E-state index in [9.17, 15) is 14.4 Å². The lowest BCUT2D eigenvalue weighted by molar-refractivity contribution is -0.129. The van der Waals surface area contributed by atoms with Gasteiger partial charge in [0.1, 0.15) is 5.25 Å². The van der Waals surface area contributed by atoms with Gasteiger partial charge in [-0.15, -0.1) is 0 Å². The van der Waals surface area contributed by atoms with Gasteiger partial charge in [-0.3, -0.25) is 14.5 Å². The number of methoxy groups -OCH3 is 2. The smallest absolute Gasteiger partial charge is 0.338 e. The monoisotopic (exact) mass is 609 g/mol. The molecule has 42 heavy (non-hydrogen) atoms. The van der Waals surface area contributed by atoms with E-state index in [0.29, 0.717) is 51.6 Å². The summed E-state index contributed by atoms with van der Waals surface area (Å²) in [6.07, 6.45) is 0.523. The Labute approximate surface area is 254 Å². The number of thioether (sulfide) groups is 1. The zero-order valence-electron chi connectivity index (χ0n) is 23.8. The van der Waals surface area contributed by atoms with Gasteiger partial charge in [0.25, 0.3) is 0 Å². The van der Waals surface area contributed by atoms with E-state index in [2.05, 4.69) is 5.32 Å². The van der Waals surface area contributed by atoms with Crippen LogP contribution in [0.1, 0.15) is 34.8 Å². The van der Waals surface area contributed by atoms with Crippen molar-refractivity contribution in [2.24, 2.45) is 4.99 Å². The average molecular weight is 610 g/mol. The number of halogens is 1. The number of nitrogens with one attached hydrogen (secondary N) is 1. The molecule has 1 unspecified atom stereocenters. The molecule has 1 atom stereocenters. The van der Waals surface area contributed by atoms with Gasteiger partial charge in [0.2, 0.25) is 11.8 Å². The number of aryl methyl sites for hydroxylation is 1. The van der Waals surface area contributed by atoms with Crippen molar-refractivity contribution < 1.29 is 28.6 Å². The molecule has 1 aliphatic rings. The standard InChI is InChI=1S/C31H32ClN3O6S/c1-5-41-30(38)21-8-11-22(12-9-21)34-31-35(15-14-20-7-13-25(39-3)26(16-20)40-4)28(36)18-27(42-31)29(37)33-23-10-6-19(2)24(32)17-23/h6-13,16-17,27H,5,14-15,18H2,1-4H3,(H,33,37). The van der Waals surface area contributed by atoms with Crippen molar-refractivity contribution in [3.63, 3.8) is 0 Å². The number of nitrogens with zero attached hydrogens (tertiary/aromatic N) is 2. The van der Waals surface area contributed by atoms with Gasteiger partial charge in [0.05, 0.1) is 32.1 Å². The SMILES string of the molecule is CCOC(=O)c1ccc(N=C2SC(C(=O)Nc3ccc(C)c(Cl)c3)CC(=O)N2CCc2ccc(OC)c(OC)c2)cc1. The summed E-state index contributed by atoms with van der Waals surface area (Å²) in [5.74, 6) is 0.237. The summed E-state index contributed by atoms with van der Waals surface area (Å²) < 4.78 is 15.8. The van der Waals surface area contributed by atoms with Crippen LogP contribution in [0.3, 0.4) is 0 Å². The second-order valence-corrected chi connectivity index (χ2v) is 11.0. The first-order valence-corrected chi connectivity index (χ1v) is 14.6. The Morgan fingerprint density at radius 3 is 2.45 bits per heavy atom. The van der Waals surface area contributed by atoms with Crippen LogP contribution in [-0.4, -0.2) is 60.5 Å². The molecular formula is C31H32ClN3O6S. The van der Waals surface area contributed by atoms with Gasteiger partial charge in [-0.25, -0.2) is 9.79 Å². The highest BCUT2D eigenvalue weighted by molar-refractivity contribution is 8.15. The molecule has 9 nitrogen and oxygen atoms in total. The van der Waals surface area contributed by atoms with Gasteiger partial charge in [-0.1, -0.05) is 35.5 Å². The Morgan fingerprint density at radius 1 is 1.05 bits per heavy atom. The van der Waals surface area contributed by atoms with Crippen molar-refractivity contribution in [1.29, 1.82) is 0 Å². The van der Waals surface area contributed by atoms with E-state index in [1.54, 1.807) is 62.4 Å². The third-order valence-electron chi connectivity index (χ3n) is 6.55. The molecule has 1 aliphatic heterocycles. The van der Waals surface area contributed by atoms with Crippen LogP contribution < -0.4 is 14.8 Å². The van der Waals surface area contributed by atoms with Crippen molar-refractivity contribution >= 4 is 57.7 Å². The summed E-state index contributed by atoms with van der Waals surface area (Å²) in [7, 11) is 3.14.